The maximum atomic E-state index is 14.1. The third-order valence-electron chi connectivity index (χ3n) is 4.71. The van der Waals surface area contributed by atoms with Gasteiger partial charge < -0.3 is 16.0 Å². The Hall–Kier alpha value is -2.11. The molecule has 1 aliphatic carbocycles. The highest BCUT2D eigenvalue weighted by Gasteiger charge is 2.45. The van der Waals surface area contributed by atoms with E-state index >= 15 is 0 Å². The van der Waals surface area contributed by atoms with Gasteiger partial charge in [-0.3, -0.25) is 9.79 Å². The van der Waals surface area contributed by atoms with E-state index in [-0.39, 0.29) is 17.1 Å². The van der Waals surface area contributed by atoms with Crippen molar-refractivity contribution in [2.24, 2.45) is 10.4 Å². The summed E-state index contributed by atoms with van der Waals surface area (Å²) >= 11 is 0. The van der Waals surface area contributed by atoms with E-state index in [2.05, 4.69) is 20.9 Å². The van der Waals surface area contributed by atoms with Crippen LogP contribution >= 0.6 is 0 Å². The van der Waals surface area contributed by atoms with Gasteiger partial charge in [-0.1, -0.05) is 18.2 Å². The van der Waals surface area contributed by atoms with Gasteiger partial charge in [0.2, 0.25) is 5.91 Å². The van der Waals surface area contributed by atoms with E-state index in [1.165, 1.54) is 6.07 Å². The lowest BCUT2D eigenvalue weighted by atomic mass is 9.93. The van der Waals surface area contributed by atoms with Gasteiger partial charge in [0.25, 0.3) is 0 Å². The van der Waals surface area contributed by atoms with Crippen molar-refractivity contribution >= 4 is 11.9 Å². The number of rotatable bonds is 7. The molecule has 0 unspecified atom stereocenters. The van der Waals surface area contributed by atoms with Crippen molar-refractivity contribution in [3.05, 3.63) is 35.6 Å². The number of aliphatic imine (C=N–C) groups is 1. The molecular formula is C19H29FN4O. The van der Waals surface area contributed by atoms with Crippen LogP contribution in [0.5, 0.6) is 0 Å². The quantitative estimate of drug-likeness (QED) is 0.523. The Labute approximate surface area is 149 Å². The van der Waals surface area contributed by atoms with Crippen molar-refractivity contribution in [3.8, 4) is 0 Å². The molecule has 138 valence electrons. The van der Waals surface area contributed by atoms with Crippen LogP contribution in [0.4, 0.5) is 4.39 Å². The maximum Gasteiger partial charge on any atom is 0.227 e. The van der Waals surface area contributed by atoms with Gasteiger partial charge in [0.05, 0.1) is 12.0 Å². The van der Waals surface area contributed by atoms with Gasteiger partial charge >= 0.3 is 0 Å². The number of carbonyl (C=O) groups is 1. The zero-order chi connectivity index (χ0) is 18.5. The number of benzene rings is 1. The first-order valence-electron chi connectivity index (χ1n) is 8.84. The molecule has 1 fully saturated rings. The molecule has 0 heterocycles. The van der Waals surface area contributed by atoms with Crippen molar-refractivity contribution in [3.63, 3.8) is 0 Å². The summed E-state index contributed by atoms with van der Waals surface area (Å²) < 4.78 is 14.1. The lowest BCUT2D eigenvalue weighted by Gasteiger charge is -2.22. The first-order chi connectivity index (χ1) is 11.8. The monoisotopic (exact) mass is 348 g/mol. The molecule has 1 saturated carbocycles. The van der Waals surface area contributed by atoms with Gasteiger partial charge in [0, 0.05) is 25.6 Å². The van der Waals surface area contributed by atoms with Crippen molar-refractivity contribution in [2.45, 2.75) is 39.0 Å². The summed E-state index contributed by atoms with van der Waals surface area (Å²) in [5, 5.41) is 9.18. The fourth-order valence-electron chi connectivity index (χ4n) is 2.87. The number of nitrogens with one attached hydrogen (secondary N) is 3. The Morgan fingerprint density at radius 3 is 2.52 bits per heavy atom. The van der Waals surface area contributed by atoms with Crippen LogP contribution in [0.1, 0.15) is 39.2 Å². The van der Waals surface area contributed by atoms with Crippen LogP contribution < -0.4 is 16.0 Å². The minimum absolute atomic E-state index is 0.0443. The number of amides is 1. The van der Waals surface area contributed by atoms with Crippen LogP contribution in [0.15, 0.2) is 29.3 Å². The smallest absolute Gasteiger partial charge is 0.227 e. The number of halogens is 1. The first kappa shape index (κ1) is 19.2. The summed E-state index contributed by atoms with van der Waals surface area (Å²) in [6, 6.07) is 6.97. The number of hydrogen-bond donors (Lipinski definition) is 3. The van der Waals surface area contributed by atoms with Crippen LogP contribution in [-0.2, 0) is 10.2 Å². The minimum atomic E-state index is -0.583. The van der Waals surface area contributed by atoms with Crippen molar-refractivity contribution in [1.82, 2.24) is 16.0 Å². The second-order valence-corrected chi connectivity index (χ2v) is 7.27. The molecule has 0 atom stereocenters. The van der Waals surface area contributed by atoms with E-state index in [9.17, 15) is 9.18 Å². The van der Waals surface area contributed by atoms with Crippen LogP contribution in [0.3, 0.4) is 0 Å². The SMILES string of the molecule is CCNC(=NCC(C)(C)C(=O)NC)NCC1(c2ccccc2F)CC1. The number of nitrogens with zero attached hydrogens (tertiary/aromatic N) is 1. The highest BCUT2D eigenvalue weighted by molar-refractivity contribution is 5.83. The van der Waals surface area contributed by atoms with Gasteiger partial charge in [0.15, 0.2) is 5.96 Å². The Bertz CT molecular complexity index is 638. The van der Waals surface area contributed by atoms with Gasteiger partial charge in [-0.15, -0.1) is 0 Å². The van der Waals surface area contributed by atoms with E-state index in [4.69, 9.17) is 0 Å². The Kier molecular flexibility index (Phi) is 6.03. The largest absolute Gasteiger partial charge is 0.359 e. The van der Waals surface area contributed by atoms with Crippen LogP contribution in [-0.4, -0.2) is 38.5 Å². The summed E-state index contributed by atoms with van der Waals surface area (Å²) in [6.45, 7) is 7.43. The number of hydrogen-bond acceptors (Lipinski definition) is 2. The third-order valence-corrected chi connectivity index (χ3v) is 4.71. The van der Waals surface area contributed by atoms with Gasteiger partial charge in [-0.2, -0.15) is 0 Å². The fraction of sp³-hybridized carbons (Fsp3) is 0.579. The molecule has 0 radical (unpaired) electrons. The summed E-state index contributed by atoms with van der Waals surface area (Å²) in [5.74, 6) is 0.462. The normalized spacial score (nSPS) is 16.3. The van der Waals surface area contributed by atoms with Crippen LogP contribution in [0.25, 0.3) is 0 Å². The molecule has 0 spiro atoms. The molecule has 3 N–H and O–H groups in total. The molecule has 0 bridgehead atoms. The first-order valence-corrected chi connectivity index (χ1v) is 8.84. The minimum Gasteiger partial charge on any atom is -0.359 e. The maximum absolute atomic E-state index is 14.1. The van der Waals surface area contributed by atoms with Crippen LogP contribution in [0.2, 0.25) is 0 Å². The number of carbonyl (C=O) groups excluding carboxylic acids is 1. The average Bonchev–Trinajstić information content (AvgIpc) is 3.38. The highest BCUT2D eigenvalue weighted by atomic mass is 19.1. The van der Waals surface area contributed by atoms with Gasteiger partial charge in [0.1, 0.15) is 5.82 Å². The molecule has 5 nitrogen and oxygen atoms in total. The van der Waals surface area contributed by atoms with Crippen LogP contribution in [0, 0.1) is 11.2 Å². The molecule has 2 rings (SSSR count). The average molecular weight is 348 g/mol. The molecule has 1 aromatic rings. The highest BCUT2D eigenvalue weighted by Crippen LogP contribution is 2.48. The van der Waals surface area contributed by atoms with Crippen molar-refractivity contribution in [2.75, 3.05) is 26.7 Å². The molecule has 6 heteroatoms. The zero-order valence-corrected chi connectivity index (χ0v) is 15.6. The summed E-state index contributed by atoms with van der Waals surface area (Å²) in [4.78, 5) is 16.4. The predicted octanol–water partition coefficient (Wildman–Crippen LogP) is 2.18. The Morgan fingerprint density at radius 2 is 1.96 bits per heavy atom. The molecule has 1 amide bonds. The topological polar surface area (TPSA) is 65.5 Å². The molecule has 0 saturated heterocycles. The molecule has 1 aliphatic rings. The summed E-state index contributed by atoms with van der Waals surface area (Å²) in [5.41, 5.74) is 0.0293. The van der Waals surface area contributed by atoms with Gasteiger partial charge in [-0.25, -0.2) is 4.39 Å². The lowest BCUT2D eigenvalue weighted by molar-refractivity contribution is -0.128. The second-order valence-electron chi connectivity index (χ2n) is 7.27. The Balaban J connectivity index is 2.04. The summed E-state index contributed by atoms with van der Waals surface area (Å²) in [6.07, 6.45) is 1.92. The van der Waals surface area contributed by atoms with Crippen molar-refractivity contribution in [1.29, 1.82) is 0 Å². The predicted molar refractivity (Wildman–Crippen MR) is 99.1 cm³/mol. The van der Waals surface area contributed by atoms with E-state index < -0.39 is 5.41 Å². The second kappa shape index (κ2) is 7.85. The standard InChI is InChI=1S/C19H29FN4O/c1-5-22-17(23-12-18(2,3)16(25)21-4)24-13-19(10-11-19)14-8-6-7-9-15(14)20/h6-9H,5,10-13H2,1-4H3,(H,21,25)(H2,22,23,24). The third kappa shape index (κ3) is 4.71. The van der Waals surface area contributed by atoms with E-state index in [1.54, 1.807) is 13.1 Å². The molecular weight excluding hydrogens is 319 g/mol. The lowest BCUT2D eigenvalue weighted by Crippen LogP contribution is -2.43. The fourth-order valence-corrected chi connectivity index (χ4v) is 2.87. The van der Waals surface area contributed by atoms with E-state index in [0.717, 1.165) is 24.9 Å². The molecule has 25 heavy (non-hydrogen) atoms. The summed E-state index contributed by atoms with van der Waals surface area (Å²) in [7, 11) is 1.63. The molecule has 0 aromatic heterocycles. The van der Waals surface area contributed by atoms with Gasteiger partial charge in [-0.05, 0) is 45.2 Å². The number of guanidine groups is 1. The van der Waals surface area contributed by atoms with E-state index in [0.29, 0.717) is 19.0 Å². The van der Waals surface area contributed by atoms with Crippen molar-refractivity contribution < 1.29 is 9.18 Å². The Morgan fingerprint density at radius 1 is 1.28 bits per heavy atom. The molecule has 1 aromatic carbocycles. The zero-order valence-electron chi connectivity index (χ0n) is 15.6. The van der Waals surface area contributed by atoms with E-state index in [1.807, 2.05) is 32.9 Å². The molecule has 0 aliphatic heterocycles.